The second-order valence-electron chi connectivity index (χ2n) is 5.87. The van der Waals surface area contributed by atoms with Crippen LogP contribution in [-0.4, -0.2) is 35.6 Å². The van der Waals surface area contributed by atoms with Gasteiger partial charge in [-0.1, -0.05) is 20.8 Å². The number of aryl methyl sites for hydroxylation is 1. The number of aromatic nitrogens is 1. The molecule has 2 rings (SSSR count). The van der Waals surface area contributed by atoms with Crippen molar-refractivity contribution in [2.24, 2.45) is 5.92 Å². The van der Waals surface area contributed by atoms with E-state index in [1.54, 1.807) is 11.3 Å². The van der Waals surface area contributed by atoms with Crippen LogP contribution in [0.1, 0.15) is 44.3 Å². The number of likely N-dealkylation sites (tertiary alicyclic amines) is 1. The fourth-order valence-corrected chi connectivity index (χ4v) is 3.30. The van der Waals surface area contributed by atoms with Gasteiger partial charge in [0, 0.05) is 18.0 Å². The molecule has 1 N–H and O–H groups in total. The minimum atomic E-state index is 0.612. The molecule has 1 saturated heterocycles. The van der Waals surface area contributed by atoms with Crippen LogP contribution in [0.3, 0.4) is 0 Å². The van der Waals surface area contributed by atoms with Gasteiger partial charge in [0.15, 0.2) is 0 Å². The van der Waals surface area contributed by atoms with Crippen LogP contribution in [0.2, 0.25) is 0 Å². The molecule has 1 aliphatic heterocycles. The summed E-state index contributed by atoms with van der Waals surface area (Å²) in [5, 5.41) is 7.06. The van der Waals surface area contributed by atoms with Crippen molar-refractivity contribution in [3.05, 3.63) is 16.1 Å². The molecule has 3 nitrogen and oxygen atoms in total. The van der Waals surface area contributed by atoms with E-state index in [-0.39, 0.29) is 0 Å². The molecular weight excluding hydrogens is 254 g/mol. The minimum absolute atomic E-state index is 0.612. The Kier molecular flexibility index (Phi) is 5.79. The molecule has 1 fully saturated rings. The molecule has 0 amide bonds. The predicted octanol–water partition coefficient (Wildman–Crippen LogP) is 2.92. The van der Waals surface area contributed by atoms with Crippen molar-refractivity contribution in [3.63, 3.8) is 0 Å². The van der Waals surface area contributed by atoms with Crippen LogP contribution in [-0.2, 0) is 13.0 Å². The molecule has 0 radical (unpaired) electrons. The van der Waals surface area contributed by atoms with Crippen LogP contribution in [0.25, 0.3) is 0 Å². The monoisotopic (exact) mass is 281 g/mol. The molecule has 19 heavy (non-hydrogen) atoms. The summed E-state index contributed by atoms with van der Waals surface area (Å²) in [4.78, 5) is 7.22. The molecule has 2 heterocycles. The van der Waals surface area contributed by atoms with Crippen LogP contribution in [0.5, 0.6) is 0 Å². The molecule has 1 aliphatic rings. The maximum absolute atomic E-state index is 4.67. The molecule has 1 aromatic rings. The number of rotatable bonds is 6. The Balaban J connectivity index is 1.71. The summed E-state index contributed by atoms with van der Waals surface area (Å²) in [6, 6.07) is 0.612. The summed E-state index contributed by atoms with van der Waals surface area (Å²) in [6.07, 6.45) is 3.71. The van der Waals surface area contributed by atoms with Gasteiger partial charge >= 0.3 is 0 Å². The van der Waals surface area contributed by atoms with E-state index >= 15 is 0 Å². The fourth-order valence-electron chi connectivity index (χ4n) is 2.56. The number of hydrogen-bond acceptors (Lipinski definition) is 4. The predicted molar refractivity (Wildman–Crippen MR) is 82.6 cm³/mol. The zero-order chi connectivity index (χ0) is 13.7. The Labute approximate surface area is 121 Å². The van der Waals surface area contributed by atoms with E-state index in [2.05, 4.69) is 41.4 Å². The van der Waals surface area contributed by atoms with Crippen LogP contribution in [0.4, 0.5) is 0 Å². The quantitative estimate of drug-likeness (QED) is 0.869. The lowest BCUT2D eigenvalue weighted by molar-refractivity contribution is 0.172. The van der Waals surface area contributed by atoms with E-state index in [0.717, 1.165) is 18.9 Å². The molecule has 4 heteroatoms. The molecule has 0 spiro atoms. The van der Waals surface area contributed by atoms with Crippen molar-refractivity contribution in [2.75, 3.05) is 19.6 Å². The van der Waals surface area contributed by atoms with Gasteiger partial charge in [0.25, 0.3) is 0 Å². The average Bonchev–Trinajstić information content (AvgIpc) is 2.85. The summed E-state index contributed by atoms with van der Waals surface area (Å²) in [6.45, 7) is 11.3. The van der Waals surface area contributed by atoms with Gasteiger partial charge in [-0.25, -0.2) is 4.98 Å². The zero-order valence-corrected chi connectivity index (χ0v) is 13.3. The number of nitrogens with zero attached hydrogens (tertiary/aromatic N) is 2. The maximum atomic E-state index is 4.67. The molecule has 0 aromatic carbocycles. The molecule has 0 atom stereocenters. The van der Waals surface area contributed by atoms with Crippen molar-refractivity contribution < 1.29 is 0 Å². The van der Waals surface area contributed by atoms with Gasteiger partial charge in [-0.05, 0) is 44.8 Å². The second kappa shape index (κ2) is 7.36. The summed E-state index contributed by atoms with van der Waals surface area (Å²) in [7, 11) is 0. The highest BCUT2D eigenvalue weighted by molar-refractivity contribution is 7.09. The van der Waals surface area contributed by atoms with Crippen LogP contribution >= 0.6 is 11.3 Å². The third kappa shape index (κ3) is 4.86. The van der Waals surface area contributed by atoms with Crippen molar-refractivity contribution in [1.82, 2.24) is 15.2 Å². The van der Waals surface area contributed by atoms with E-state index < -0.39 is 0 Å². The van der Waals surface area contributed by atoms with Crippen LogP contribution in [0, 0.1) is 5.92 Å². The van der Waals surface area contributed by atoms with Gasteiger partial charge in [-0.3, -0.25) is 4.90 Å². The topological polar surface area (TPSA) is 28.2 Å². The van der Waals surface area contributed by atoms with Crippen molar-refractivity contribution in [3.8, 4) is 0 Å². The molecule has 0 bridgehead atoms. The highest BCUT2D eigenvalue weighted by atomic mass is 32.1. The van der Waals surface area contributed by atoms with Gasteiger partial charge in [0.05, 0.1) is 10.7 Å². The standard InChI is InChI=1S/C15H27N3S/c1-4-15-17-14(11-19-15)10-18-7-5-13(6-8-18)9-16-12(2)3/h11-13,16H,4-10H2,1-3H3. The van der Waals surface area contributed by atoms with E-state index in [1.807, 2.05) is 0 Å². The Morgan fingerprint density at radius 3 is 2.74 bits per heavy atom. The van der Waals surface area contributed by atoms with E-state index in [0.29, 0.717) is 6.04 Å². The maximum Gasteiger partial charge on any atom is 0.0926 e. The Hall–Kier alpha value is -0.450. The first kappa shape index (κ1) is 14.9. The molecule has 0 unspecified atom stereocenters. The molecule has 0 aliphatic carbocycles. The highest BCUT2D eigenvalue weighted by Crippen LogP contribution is 2.19. The minimum Gasteiger partial charge on any atom is -0.314 e. The largest absolute Gasteiger partial charge is 0.314 e. The first-order chi connectivity index (χ1) is 9.17. The molecule has 0 saturated carbocycles. The van der Waals surface area contributed by atoms with Crippen LogP contribution < -0.4 is 5.32 Å². The third-order valence-electron chi connectivity index (χ3n) is 3.81. The van der Waals surface area contributed by atoms with E-state index in [4.69, 9.17) is 0 Å². The number of nitrogens with one attached hydrogen (secondary N) is 1. The zero-order valence-electron chi connectivity index (χ0n) is 12.5. The number of piperidine rings is 1. The fraction of sp³-hybridized carbons (Fsp3) is 0.800. The Bertz CT molecular complexity index is 367. The first-order valence-corrected chi connectivity index (χ1v) is 8.44. The normalized spacial score (nSPS) is 18.3. The lowest BCUT2D eigenvalue weighted by Crippen LogP contribution is -2.38. The number of hydrogen-bond donors (Lipinski definition) is 1. The van der Waals surface area contributed by atoms with Crippen molar-refractivity contribution in [1.29, 1.82) is 0 Å². The summed E-state index contributed by atoms with van der Waals surface area (Å²) in [5.41, 5.74) is 1.26. The van der Waals surface area contributed by atoms with Gasteiger partial charge < -0.3 is 5.32 Å². The van der Waals surface area contributed by atoms with Gasteiger partial charge in [-0.2, -0.15) is 0 Å². The third-order valence-corrected chi connectivity index (χ3v) is 4.85. The lowest BCUT2D eigenvalue weighted by Gasteiger charge is -2.32. The molecule has 108 valence electrons. The molecule has 1 aromatic heterocycles. The SMILES string of the molecule is CCc1nc(CN2CCC(CNC(C)C)CC2)cs1. The summed E-state index contributed by atoms with van der Waals surface area (Å²) < 4.78 is 0. The van der Waals surface area contributed by atoms with Crippen LogP contribution in [0.15, 0.2) is 5.38 Å². The Morgan fingerprint density at radius 1 is 1.42 bits per heavy atom. The highest BCUT2D eigenvalue weighted by Gasteiger charge is 2.19. The van der Waals surface area contributed by atoms with Crippen molar-refractivity contribution in [2.45, 2.75) is 52.6 Å². The van der Waals surface area contributed by atoms with E-state index in [9.17, 15) is 0 Å². The lowest BCUT2D eigenvalue weighted by atomic mass is 9.96. The number of thiazole rings is 1. The second-order valence-corrected chi connectivity index (χ2v) is 6.81. The van der Waals surface area contributed by atoms with Gasteiger partial charge in [0.2, 0.25) is 0 Å². The Morgan fingerprint density at radius 2 is 2.16 bits per heavy atom. The summed E-state index contributed by atoms with van der Waals surface area (Å²) in [5.74, 6) is 0.861. The summed E-state index contributed by atoms with van der Waals surface area (Å²) >= 11 is 1.80. The van der Waals surface area contributed by atoms with Crippen molar-refractivity contribution >= 4 is 11.3 Å². The smallest absolute Gasteiger partial charge is 0.0926 e. The van der Waals surface area contributed by atoms with E-state index in [1.165, 1.54) is 43.2 Å². The molecular formula is C15H27N3S. The van der Waals surface area contributed by atoms with Gasteiger partial charge in [-0.15, -0.1) is 11.3 Å². The average molecular weight is 281 g/mol. The van der Waals surface area contributed by atoms with Gasteiger partial charge in [0.1, 0.15) is 0 Å². The first-order valence-electron chi connectivity index (χ1n) is 7.56.